The lowest BCUT2D eigenvalue weighted by Gasteiger charge is -2.24. The fourth-order valence-corrected chi connectivity index (χ4v) is 1.71. The molecular formula is C11H13IN2O2S. The molecule has 0 saturated heterocycles. The van der Waals surface area contributed by atoms with Gasteiger partial charge in [0.1, 0.15) is 5.75 Å². The van der Waals surface area contributed by atoms with Crippen LogP contribution in [0.4, 0.5) is 0 Å². The van der Waals surface area contributed by atoms with Gasteiger partial charge in [-0.15, -0.1) is 0 Å². The van der Waals surface area contributed by atoms with Crippen LogP contribution in [0.15, 0.2) is 18.2 Å². The average molecular weight is 364 g/mol. The number of phenols is 1. The molecule has 3 N–H and O–H groups in total. The van der Waals surface area contributed by atoms with Gasteiger partial charge in [0, 0.05) is 12.6 Å². The summed E-state index contributed by atoms with van der Waals surface area (Å²) in [7, 11) is 1.63. The molecule has 17 heavy (non-hydrogen) atoms. The second-order valence-corrected chi connectivity index (χ2v) is 5.29. The van der Waals surface area contributed by atoms with Crippen molar-refractivity contribution in [2.24, 2.45) is 5.73 Å². The van der Waals surface area contributed by atoms with E-state index in [2.05, 4.69) is 0 Å². The molecule has 0 bridgehead atoms. The van der Waals surface area contributed by atoms with E-state index in [0.29, 0.717) is 9.13 Å². The summed E-state index contributed by atoms with van der Waals surface area (Å²) in [6, 6.07) is 4.46. The molecule has 1 unspecified atom stereocenters. The van der Waals surface area contributed by atoms with E-state index in [0.717, 1.165) is 0 Å². The van der Waals surface area contributed by atoms with Crippen LogP contribution in [0.2, 0.25) is 0 Å². The van der Waals surface area contributed by atoms with Gasteiger partial charge < -0.3 is 15.7 Å². The third-order valence-corrected chi connectivity index (χ3v) is 3.76. The number of carbonyl (C=O) groups is 1. The van der Waals surface area contributed by atoms with Crippen molar-refractivity contribution in [1.82, 2.24) is 4.90 Å². The number of amides is 1. The van der Waals surface area contributed by atoms with Crippen LogP contribution in [0.1, 0.15) is 17.3 Å². The summed E-state index contributed by atoms with van der Waals surface area (Å²) in [4.78, 5) is 13.8. The lowest BCUT2D eigenvalue weighted by Crippen LogP contribution is -2.42. The molecule has 1 aromatic rings. The SMILES string of the molecule is CC(C(N)=S)N(C)C(=O)c1ccc(I)c(O)c1. The topological polar surface area (TPSA) is 66.6 Å². The maximum Gasteiger partial charge on any atom is 0.254 e. The smallest absolute Gasteiger partial charge is 0.254 e. The summed E-state index contributed by atoms with van der Waals surface area (Å²) in [5.41, 5.74) is 5.90. The highest BCUT2D eigenvalue weighted by atomic mass is 127. The molecule has 0 aliphatic heterocycles. The van der Waals surface area contributed by atoms with E-state index in [1.54, 1.807) is 26.1 Å². The molecule has 92 valence electrons. The van der Waals surface area contributed by atoms with Crippen molar-refractivity contribution < 1.29 is 9.90 Å². The number of likely N-dealkylation sites (N-methyl/N-ethyl adjacent to an activating group) is 1. The van der Waals surface area contributed by atoms with Gasteiger partial charge in [0.2, 0.25) is 0 Å². The van der Waals surface area contributed by atoms with E-state index >= 15 is 0 Å². The molecular weight excluding hydrogens is 351 g/mol. The number of aromatic hydroxyl groups is 1. The lowest BCUT2D eigenvalue weighted by molar-refractivity contribution is 0.0778. The second-order valence-electron chi connectivity index (χ2n) is 3.66. The highest BCUT2D eigenvalue weighted by molar-refractivity contribution is 14.1. The van der Waals surface area contributed by atoms with Gasteiger partial charge in [-0.05, 0) is 47.7 Å². The minimum atomic E-state index is -0.320. The Morgan fingerprint density at radius 3 is 2.65 bits per heavy atom. The molecule has 0 aliphatic carbocycles. The van der Waals surface area contributed by atoms with Gasteiger partial charge in [-0.25, -0.2) is 0 Å². The highest BCUT2D eigenvalue weighted by Gasteiger charge is 2.19. The van der Waals surface area contributed by atoms with Crippen LogP contribution >= 0.6 is 34.8 Å². The molecule has 6 heteroatoms. The number of halogens is 1. The Bertz CT molecular complexity index is 465. The Hall–Kier alpha value is -0.890. The summed E-state index contributed by atoms with van der Waals surface area (Å²) < 4.78 is 0.698. The largest absolute Gasteiger partial charge is 0.507 e. The number of rotatable bonds is 3. The first kappa shape index (κ1) is 14.2. The predicted octanol–water partition coefficient (Wildman–Crippen LogP) is 1.74. The van der Waals surface area contributed by atoms with Crippen molar-refractivity contribution >= 4 is 45.7 Å². The molecule has 0 radical (unpaired) electrons. The monoisotopic (exact) mass is 364 g/mol. The van der Waals surface area contributed by atoms with Gasteiger partial charge in [-0.2, -0.15) is 0 Å². The molecule has 1 atom stereocenters. The van der Waals surface area contributed by atoms with E-state index in [9.17, 15) is 9.90 Å². The summed E-state index contributed by atoms with van der Waals surface area (Å²) in [6.45, 7) is 1.76. The van der Waals surface area contributed by atoms with E-state index in [1.165, 1.54) is 11.0 Å². The van der Waals surface area contributed by atoms with E-state index in [1.807, 2.05) is 22.6 Å². The van der Waals surface area contributed by atoms with Crippen LogP contribution in [0.25, 0.3) is 0 Å². The molecule has 0 saturated carbocycles. The van der Waals surface area contributed by atoms with Crippen molar-refractivity contribution in [2.75, 3.05) is 7.05 Å². The van der Waals surface area contributed by atoms with Crippen LogP contribution in [0.5, 0.6) is 5.75 Å². The zero-order valence-electron chi connectivity index (χ0n) is 9.48. The quantitative estimate of drug-likeness (QED) is 0.634. The number of hydrogen-bond acceptors (Lipinski definition) is 3. The molecule has 1 rings (SSSR count). The van der Waals surface area contributed by atoms with E-state index in [-0.39, 0.29) is 22.7 Å². The third kappa shape index (κ3) is 3.29. The minimum Gasteiger partial charge on any atom is -0.507 e. The normalized spacial score (nSPS) is 11.9. The summed E-state index contributed by atoms with van der Waals surface area (Å²) in [5.74, 6) is -0.134. The molecule has 0 spiro atoms. The third-order valence-electron chi connectivity index (χ3n) is 2.51. The zero-order valence-corrected chi connectivity index (χ0v) is 12.4. The number of phenolic OH excluding ortho intramolecular Hbond substituents is 1. The van der Waals surface area contributed by atoms with Gasteiger partial charge >= 0.3 is 0 Å². The number of benzene rings is 1. The Balaban J connectivity index is 2.96. The van der Waals surface area contributed by atoms with E-state index < -0.39 is 0 Å². The average Bonchev–Trinajstić information content (AvgIpc) is 2.29. The van der Waals surface area contributed by atoms with Crippen molar-refractivity contribution in [3.05, 3.63) is 27.3 Å². The zero-order chi connectivity index (χ0) is 13.2. The number of carbonyl (C=O) groups excluding carboxylic acids is 1. The molecule has 1 amide bonds. The first-order chi connectivity index (χ1) is 7.84. The molecule has 0 aliphatic rings. The van der Waals surface area contributed by atoms with Crippen LogP contribution in [0.3, 0.4) is 0 Å². The predicted molar refractivity (Wildman–Crippen MR) is 79.2 cm³/mol. The van der Waals surface area contributed by atoms with Gasteiger partial charge in [0.05, 0.1) is 14.6 Å². The fourth-order valence-electron chi connectivity index (χ4n) is 1.22. The lowest BCUT2D eigenvalue weighted by atomic mass is 10.1. The first-order valence-electron chi connectivity index (χ1n) is 4.89. The van der Waals surface area contributed by atoms with Gasteiger partial charge in [0.15, 0.2) is 0 Å². The van der Waals surface area contributed by atoms with Gasteiger partial charge in [0.25, 0.3) is 5.91 Å². The molecule has 0 fully saturated rings. The summed E-state index contributed by atoms with van der Waals surface area (Å²) in [6.07, 6.45) is 0. The number of thiocarbonyl (C=S) groups is 1. The van der Waals surface area contributed by atoms with Crippen LogP contribution < -0.4 is 5.73 Å². The van der Waals surface area contributed by atoms with Gasteiger partial charge in [-0.1, -0.05) is 12.2 Å². The minimum absolute atomic E-state index is 0.0906. The molecule has 1 aromatic carbocycles. The Labute approximate surface area is 119 Å². The number of nitrogens with two attached hydrogens (primary N) is 1. The van der Waals surface area contributed by atoms with Crippen LogP contribution in [0, 0.1) is 3.57 Å². The van der Waals surface area contributed by atoms with Crippen molar-refractivity contribution in [3.8, 4) is 5.75 Å². The summed E-state index contributed by atoms with van der Waals surface area (Å²) >= 11 is 6.83. The molecule has 0 aromatic heterocycles. The number of nitrogens with zero attached hydrogens (tertiary/aromatic N) is 1. The number of hydrogen-bond donors (Lipinski definition) is 2. The Morgan fingerprint density at radius 2 is 2.18 bits per heavy atom. The van der Waals surface area contributed by atoms with Crippen molar-refractivity contribution in [1.29, 1.82) is 0 Å². The van der Waals surface area contributed by atoms with Crippen molar-refractivity contribution in [3.63, 3.8) is 0 Å². The maximum absolute atomic E-state index is 12.1. The fraction of sp³-hybridized carbons (Fsp3) is 0.273. The molecule has 0 heterocycles. The van der Waals surface area contributed by atoms with Crippen LogP contribution in [-0.4, -0.2) is 34.0 Å². The first-order valence-corrected chi connectivity index (χ1v) is 6.38. The second kappa shape index (κ2) is 5.63. The summed E-state index contributed by atoms with van der Waals surface area (Å²) in [5, 5.41) is 9.55. The highest BCUT2D eigenvalue weighted by Crippen LogP contribution is 2.21. The Morgan fingerprint density at radius 1 is 1.59 bits per heavy atom. The van der Waals surface area contributed by atoms with Crippen LogP contribution in [-0.2, 0) is 0 Å². The van der Waals surface area contributed by atoms with Gasteiger partial charge in [-0.3, -0.25) is 4.79 Å². The Kier molecular flexibility index (Phi) is 4.70. The standard InChI is InChI=1S/C11H13IN2O2S/c1-6(10(13)17)14(2)11(16)7-3-4-8(12)9(15)5-7/h3-6,15H,1-2H3,(H2,13,17). The van der Waals surface area contributed by atoms with Crippen molar-refractivity contribution in [2.45, 2.75) is 13.0 Å². The van der Waals surface area contributed by atoms with E-state index in [4.69, 9.17) is 18.0 Å². The maximum atomic E-state index is 12.1. The molecule has 4 nitrogen and oxygen atoms in total.